The molecule has 2 spiro atoms. The molecular formula is C28H29NO2. The number of Topliss-reactive ketones (excluding diaryl/α,β-unsaturated/α-hetero) is 1. The molecule has 1 saturated heterocycles. The van der Waals surface area contributed by atoms with Gasteiger partial charge in [-0.25, -0.2) is 0 Å². The summed E-state index contributed by atoms with van der Waals surface area (Å²) in [5.41, 5.74) is 3.99. The number of rotatable bonds is 1. The number of pyridine rings is 1. The van der Waals surface area contributed by atoms with Gasteiger partial charge in [0.1, 0.15) is 5.78 Å². The second-order valence-electron chi connectivity index (χ2n) is 10.9. The molecule has 3 heteroatoms. The highest BCUT2D eigenvalue weighted by Crippen LogP contribution is 2.69. The highest BCUT2D eigenvalue weighted by Gasteiger charge is 2.66. The summed E-state index contributed by atoms with van der Waals surface area (Å²) in [6.07, 6.45) is 16.6. The molecule has 3 nitrogen and oxygen atoms in total. The number of benzene rings is 1. The van der Waals surface area contributed by atoms with Gasteiger partial charge in [-0.3, -0.25) is 9.78 Å². The van der Waals surface area contributed by atoms with Gasteiger partial charge in [-0.1, -0.05) is 31.2 Å². The first-order valence-corrected chi connectivity index (χ1v) is 12.0. The zero-order valence-corrected chi connectivity index (χ0v) is 18.2. The number of hydrogen-bond donors (Lipinski definition) is 0. The number of carbonyl (C=O) groups excluding carboxylic acids is 1. The highest BCUT2D eigenvalue weighted by atomic mass is 16.5. The molecule has 5 aliphatic rings. The van der Waals surface area contributed by atoms with Crippen molar-refractivity contribution in [3.05, 3.63) is 65.5 Å². The smallest absolute Gasteiger partial charge is 0.136 e. The third kappa shape index (κ3) is 2.28. The number of aromatic nitrogens is 1. The topological polar surface area (TPSA) is 39.2 Å². The Morgan fingerprint density at radius 2 is 2.03 bits per heavy atom. The van der Waals surface area contributed by atoms with Crippen LogP contribution in [0.15, 0.2) is 60.0 Å². The quantitative estimate of drug-likeness (QED) is 0.574. The Hall–Kier alpha value is -2.26. The maximum atomic E-state index is 12.4. The zero-order chi connectivity index (χ0) is 20.8. The highest BCUT2D eigenvalue weighted by molar-refractivity contribution is 5.83. The van der Waals surface area contributed by atoms with Crippen LogP contribution in [-0.2, 0) is 9.53 Å². The van der Waals surface area contributed by atoms with Crippen molar-refractivity contribution >= 4 is 16.6 Å². The van der Waals surface area contributed by atoms with Crippen LogP contribution >= 0.6 is 0 Å². The molecule has 0 radical (unpaired) electrons. The number of carbonyl (C=O) groups is 1. The molecule has 7 rings (SSSR count). The van der Waals surface area contributed by atoms with Crippen LogP contribution in [0.5, 0.6) is 0 Å². The molecule has 5 atom stereocenters. The van der Waals surface area contributed by atoms with Crippen LogP contribution in [0.2, 0.25) is 0 Å². The number of ether oxygens (including phenoxy) is 1. The molecule has 1 unspecified atom stereocenters. The van der Waals surface area contributed by atoms with E-state index in [1.165, 1.54) is 40.3 Å². The van der Waals surface area contributed by atoms with Gasteiger partial charge in [0.05, 0.1) is 11.2 Å². The van der Waals surface area contributed by atoms with Crippen molar-refractivity contribution in [3.63, 3.8) is 0 Å². The molecule has 0 amide bonds. The van der Waals surface area contributed by atoms with E-state index in [2.05, 4.69) is 48.3 Å². The van der Waals surface area contributed by atoms with E-state index in [1.807, 2.05) is 12.4 Å². The predicted octanol–water partition coefficient (Wildman–Crippen LogP) is 6.05. The minimum absolute atomic E-state index is 0.179. The third-order valence-electron chi connectivity index (χ3n) is 9.57. The maximum absolute atomic E-state index is 12.4. The Morgan fingerprint density at radius 3 is 2.97 bits per heavy atom. The van der Waals surface area contributed by atoms with Gasteiger partial charge < -0.3 is 4.74 Å². The lowest BCUT2D eigenvalue weighted by molar-refractivity contribution is -0.146. The number of ketones is 1. The van der Waals surface area contributed by atoms with Gasteiger partial charge in [0, 0.05) is 30.6 Å². The number of nitrogens with zero attached hydrogens (tertiary/aromatic N) is 1. The van der Waals surface area contributed by atoms with Crippen molar-refractivity contribution < 1.29 is 9.53 Å². The van der Waals surface area contributed by atoms with E-state index < -0.39 is 0 Å². The number of hydrogen-bond acceptors (Lipinski definition) is 3. The summed E-state index contributed by atoms with van der Waals surface area (Å²) >= 11 is 0. The van der Waals surface area contributed by atoms with Crippen LogP contribution in [0.1, 0.15) is 69.8 Å². The van der Waals surface area contributed by atoms with E-state index in [0.29, 0.717) is 30.5 Å². The number of allylic oxidation sites excluding steroid dienone is 1. The Bertz CT molecular complexity index is 1190. The SMILES string of the molecule is C[C@]12CC=C3C=C4CCC(=O)C[C@]45CCC3(O5)[C@@H]1CC[C@@H]2c1ccc2ccncc2c1. The molecule has 1 aromatic heterocycles. The lowest BCUT2D eigenvalue weighted by Crippen LogP contribution is -2.53. The largest absolute Gasteiger partial charge is 0.359 e. The molecule has 2 aromatic rings. The minimum Gasteiger partial charge on any atom is -0.359 e. The molecule has 1 aromatic carbocycles. The lowest BCUT2D eigenvalue weighted by atomic mass is 9.58. The van der Waals surface area contributed by atoms with E-state index in [9.17, 15) is 4.79 Å². The van der Waals surface area contributed by atoms with Gasteiger partial charge >= 0.3 is 0 Å². The molecule has 158 valence electrons. The van der Waals surface area contributed by atoms with E-state index in [-0.39, 0.29) is 16.6 Å². The first-order chi connectivity index (χ1) is 15.0. The molecule has 2 bridgehead atoms. The van der Waals surface area contributed by atoms with Crippen molar-refractivity contribution in [1.82, 2.24) is 4.98 Å². The van der Waals surface area contributed by atoms with Gasteiger partial charge in [-0.2, -0.15) is 0 Å². The lowest BCUT2D eigenvalue weighted by Gasteiger charge is -2.53. The minimum atomic E-state index is -0.294. The summed E-state index contributed by atoms with van der Waals surface area (Å²) in [5, 5.41) is 2.50. The van der Waals surface area contributed by atoms with Gasteiger partial charge in [-0.05, 0) is 90.0 Å². The van der Waals surface area contributed by atoms with Gasteiger partial charge in [-0.15, -0.1) is 0 Å². The van der Waals surface area contributed by atoms with Crippen molar-refractivity contribution in [1.29, 1.82) is 0 Å². The molecular weight excluding hydrogens is 382 g/mol. The fourth-order valence-electron chi connectivity index (χ4n) is 8.09. The first kappa shape index (κ1) is 18.3. The summed E-state index contributed by atoms with van der Waals surface area (Å²) in [5.74, 6) is 1.44. The second-order valence-corrected chi connectivity index (χ2v) is 10.9. The van der Waals surface area contributed by atoms with E-state index in [0.717, 1.165) is 25.7 Å². The van der Waals surface area contributed by atoms with Crippen LogP contribution in [0.3, 0.4) is 0 Å². The summed E-state index contributed by atoms with van der Waals surface area (Å²) in [4.78, 5) is 16.7. The van der Waals surface area contributed by atoms with E-state index >= 15 is 0 Å². The van der Waals surface area contributed by atoms with Crippen molar-refractivity contribution in [2.24, 2.45) is 11.3 Å². The average molecular weight is 412 g/mol. The molecule has 0 N–H and O–H groups in total. The second kappa shape index (κ2) is 5.95. The van der Waals surface area contributed by atoms with Crippen LogP contribution in [0, 0.1) is 11.3 Å². The monoisotopic (exact) mass is 411 g/mol. The van der Waals surface area contributed by atoms with Crippen molar-refractivity contribution in [2.45, 2.75) is 75.4 Å². The molecule has 3 aliphatic carbocycles. The third-order valence-corrected chi connectivity index (χ3v) is 9.57. The summed E-state index contributed by atoms with van der Waals surface area (Å²) in [7, 11) is 0. The Morgan fingerprint density at radius 1 is 1.10 bits per heavy atom. The normalized spacial score (nSPS) is 40.7. The molecule has 2 saturated carbocycles. The van der Waals surface area contributed by atoms with E-state index in [1.54, 1.807) is 0 Å². The van der Waals surface area contributed by atoms with Crippen LogP contribution < -0.4 is 0 Å². The standard InChI is InChI=1S/C28H29NO2/c1-26-10-8-22-15-21-4-5-23(30)16-27(21)11-12-28(22,31-27)25(26)7-6-24(26)19-3-2-18-9-13-29-17-20(18)14-19/h2-3,8-9,13-15,17,24-25H,4-7,10-12,16H2,1H3/t24-,25-,26-,27-,28?/m1/s1. The van der Waals surface area contributed by atoms with Crippen LogP contribution in [-0.4, -0.2) is 22.0 Å². The average Bonchev–Trinajstić information content (AvgIpc) is 3.28. The van der Waals surface area contributed by atoms with Gasteiger partial charge in [0.2, 0.25) is 0 Å². The van der Waals surface area contributed by atoms with Crippen LogP contribution in [0.25, 0.3) is 10.8 Å². The van der Waals surface area contributed by atoms with E-state index in [4.69, 9.17) is 4.74 Å². The molecule has 31 heavy (non-hydrogen) atoms. The summed E-state index contributed by atoms with van der Waals surface area (Å²) < 4.78 is 7.12. The summed E-state index contributed by atoms with van der Waals surface area (Å²) in [6, 6.07) is 9.06. The fourth-order valence-corrected chi connectivity index (χ4v) is 8.09. The van der Waals surface area contributed by atoms with Gasteiger partial charge in [0.15, 0.2) is 0 Å². The van der Waals surface area contributed by atoms with Crippen molar-refractivity contribution in [3.8, 4) is 0 Å². The van der Waals surface area contributed by atoms with Crippen LogP contribution in [0.4, 0.5) is 0 Å². The molecule has 2 aliphatic heterocycles. The summed E-state index contributed by atoms with van der Waals surface area (Å²) in [6.45, 7) is 2.50. The fraction of sp³-hybridized carbons (Fsp3) is 0.500. The molecule has 3 heterocycles. The predicted molar refractivity (Wildman–Crippen MR) is 121 cm³/mol. The Balaban J connectivity index is 1.31. The Kier molecular flexibility index (Phi) is 3.52. The maximum Gasteiger partial charge on any atom is 0.136 e. The first-order valence-electron chi connectivity index (χ1n) is 12.0. The Labute approximate surface area is 183 Å². The number of fused-ring (bicyclic) bond motifs is 2. The zero-order valence-electron chi connectivity index (χ0n) is 18.2. The molecule has 3 fully saturated rings. The van der Waals surface area contributed by atoms with Gasteiger partial charge in [0.25, 0.3) is 0 Å². The van der Waals surface area contributed by atoms with Crippen molar-refractivity contribution in [2.75, 3.05) is 0 Å².